The number of ether oxygens (including phenoxy) is 2. The summed E-state index contributed by atoms with van der Waals surface area (Å²) in [5, 5.41) is 1.68. The summed E-state index contributed by atoms with van der Waals surface area (Å²) in [6.45, 7) is 6.26. The molecular formula is C18H20Cl2N2O3. The summed E-state index contributed by atoms with van der Waals surface area (Å²) in [4.78, 5) is 18.1. The highest BCUT2D eigenvalue weighted by Crippen LogP contribution is 2.36. The van der Waals surface area contributed by atoms with Crippen LogP contribution >= 0.6 is 23.2 Å². The minimum atomic E-state index is -0.422. The third-order valence-corrected chi connectivity index (χ3v) is 5.64. The highest BCUT2D eigenvalue weighted by atomic mass is 35.5. The Kier molecular flexibility index (Phi) is 4.03. The molecule has 0 aliphatic carbocycles. The number of carbonyl (C=O) groups is 1. The van der Waals surface area contributed by atoms with Gasteiger partial charge in [-0.15, -0.1) is 0 Å². The van der Waals surface area contributed by atoms with Gasteiger partial charge in [0.1, 0.15) is 11.3 Å². The average molecular weight is 383 g/mol. The molecule has 0 saturated carbocycles. The van der Waals surface area contributed by atoms with E-state index in [2.05, 4.69) is 4.98 Å². The number of amides is 1. The van der Waals surface area contributed by atoms with Gasteiger partial charge in [0.15, 0.2) is 0 Å². The summed E-state index contributed by atoms with van der Waals surface area (Å²) in [6, 6.07) is 5.32. The maximum Gasteiger partial charge on any atom is 0.270 e. The van der Waals surface area contributed by atoms with Crippen molar-refractivity contribution in [2.75, 3.05) is 26.3 Å². The number of halogens is 2. The van der Waals surface area contributed by atoms with Crippen LogP contribution in [0.15, 0.2) is 18.2 Å². The third kappa shape index (κ3) is 3.04. The van der Waals surface area contributed by atoms with Crippen molar-refractivity contribution in [3.05, 3.63) is 33.9 Å². The molecule has 1 spiro atoms. The molecule has 0 radical (unpaired) electrons. The molecule has 1 aromatic heterocycles. The van der Waals surface area contributed by atoms with Gasteiger partial charge in [0.25, 0.3) is 5.91 Å². The Morgan fingerprint density at radius 2 is 2.08 bits per heavy atom. The van der Waals surface area contributed by atoms with Crippen molar-refractivity contribution in [1.82, 2.24) is 9.88 Å². The van der Waals surface area contributed by atoms with Gasteiger partial charge in [-0.1, -0.05) is 23.2 Å². The number of benzene rings is 1. The summed E-state index contributed by atoms with van der Waals surface area (Å²) >= 11 is 12.3. The fourth-order valence-electron chi connectivity index (χ4n) is 3.88. The van der Waals surface area contributed by atoms with Crippen molar-refractivity contribution in [3.63, 3.8) is 0 Å². The van der Waals surface area contributed by atoms with E-state index in [0.717, 1.165) is 17.3 Å². The third-order valence-electron chi connectivity index (χ3n) is 4.82. The van der Waals surface area contributed by atoms with Crippen LogP contribution in [0.5, 0.6) is 0 Å². The molecule has 1 N–H and O–H groups in total. The largest absolute Gasteiger partial charge is 0.378 e. The Hall–Kier alpha value is -1.27. The van der Waals surface area contributed by atoms with Crippen molar-refractivity contribution < 1.29 is 14.3 Å². The second-order valence-electron chi connectivity index (χ2n) is 7.51. The van der Waals surface area contributed by atoms with E-state index in [1.54, 1.807) is 12.1 Å². The molecule has 1 unspecified atom stereocenters. The van der Waals surface area contributed by atoms with E-state index < -0.39 is 11.2 Å². The quantitative estimate of drug-likeness (QED) is 0.813. The smallest absolute Gasteiger partial charge is 0.270 e. The van der Waals surface area contributed by atoms with Gasteiger partial charge in [-0.3, -0.25) is 4.79 Å². The SMILES string of the molecule is CC1(C)CN(C(=O)c2cc3c(Cl)c(Cl)ccc3[nH]2)CC2(CCOC2)O1. The van der Waals surface area contributed by atoms with Crippen molar-refractivity contribution in [1.29, 1.82) is 0 Å². The molecule has 2 saturated heterocycles. The van der Waals surface area contributed by atoms with Gasteiger partial charge in [-0.2, -0.15) is 0 Å². The Labute approximate surface area is 156 Å². The predicted octanol–water partition coefficient (Wildman–Crippen LogP) is 3.88. The van der Waals surface area contributed by atoms with Crippen molar-refractivity contribution in [2.24, 2.45) is 0 Å². The first-order valence-electron chi connectivity index (χ1n) is 8.33. The first-order chi connectivity index (χ1) is 11.8. The lowest BCUT2D eigenvalue weighted by atomic mass is 9.94. The molecule has 1 atom stereocenters. The van der Waals surface area contributed by atoms with Crippen molar-refractivity contribution in [3.8, 4) is 0 Å². The summed E-state index contributed by atoms with van der Waals surface area (Å²) < 4.78 is 11.8. The number of fused-ring (bicyclic) bond motifs is 1. The number of carbonyl (C=O) groups excluding carboxylic acids is 1. The normalized spacial score (nSPS) is 25.8. The molecule has 3 heterocycles. The molecule has 2 fully saturated rings. The van der Waals surface area contributed by atoms with Gasteiger partial charge < -0.3 is 19.4 Å². The van der Waals surface area contributed by atoms with E-state index in [9.17, 15) is 4.79 Å². The van der Waals surface area contributed by atoms with Gasteiger partial charge in [0.05, 0.1) is 28.8 Å². The first-order valence-corrected chi connectivity index (χ1v) is 9.08. The van der Waals surface area contributed by atoms with Gasteiger partial charge in [0, 0.05) is 30.5 Å². The molecule has 2 aliphatic rings. The number of nitrogens with zero attached hydrogens (tertiary/aromatic N) is 1. The van der Waals surface area contributed by atoms with E-state index in [1.165, 1.54) is 0 Å². The summed E-state index contributed by atoms with van der Waals surface area (Å²) in [5.74, 6) is -0.0639. The maximum absolute atomic E-state index is 13.1. The van der Waals surface area contributed by atoms with E-state index in [4.69, 9.17) is 32.7 Å². The highest BCUT2D eigenvalue weighted by molar-refractivity contribution is 6.45. The Morgan fingerprint density at radius 1 is 1.28 bits per heavy atom. The molecule has 25 heavy (non-hydrogen) atoms. The number of hydrogen-bond acceptors (Lipinski definition) is 3. The lowest BCUT2D eigenvalue weighted by molar-refractivity contribution is -0.186. The fraction of sp³-hybridized carbons (Fsp3) is 0.500. The van der Waals surface area contributed by atoms with Crippen molar-refractivity contribution in [2.45, 2.75) is 31.5 Å². The van der Waals surface area contributed by atoms with Crippen LogP contribution in [0.25, 0.3) is 10.9 Å². The van der Waals surface area contributed by atoms with Gasteiger partial charge in [0.2, 0.25) is 0 Å². The van der Waals surface area contributed by atoms with E-state index in [0.29, 0.717) is 42.0 Å². The number of H-pyrrole nitrogens is 1. The average Bonchev–Trinajstić information content (AvgIpc) is 3.16. The minimum Gasteiger partial charge on any atom is -0.378 e. The molecule has 134 valence electrons. The number of rotatable bonds is 1. The Balaban J connectivity index is 1.67. The number of nitrogens with one attached hydrogen (secondary N) is 1. The topological polar surface area (TPSA) is 54.6 Å². The first kappa shape index (κ1) is 17.2. The fourth-order valence-corrected chi connectivity index (χ4v) is 4.26. The van der Waals surface area contributed by atoms with Gasteiger partial charge in [-0.25, -0.2) is 0 Å². The van der Waals surface area contributed by atoms with Crippen LogP contribution in [0, 0.1) is 0 Å². The van der Waals surface area contributed by atoms with Crippen molar-refractivity contribution >= 4 is 40.0 Å². The van der Waals surface area contributed by atoms with E-state index >= 15 is 0 Å². The van der Waals surface area contributed by atoms with E-state index in [-0.39, 0.29) is 5.91 Å². The highest BCUT2D eigenvalue weighted by Gasteiger charge is 2.48. The zero-order valence-electron chi connectivity index (χ0n) is 14.2. The van der Waals surface area contributed by atoms with Crippen LogP contribution in [-0.2, 0) is 9.47 Å². The van der Waals surface area contributed by atoms with Crippen LogP contribution in [0.1, 0.15) is 30.8 Å². The molecule has 2 aromatic rings. The maximum atomic E-state index is 13.1. The molecular weight excluding hydrogens is 363 g/mol. The van der Waals surface area contributed by atoms with E-state index in [1.807, 2.05) is 24.8 Å². The van der Waals surface area contributed by atoms with Crippen LogP contribution < -0.4 is 0 Å². The summed E-state index contributed by atoms with van der Waals surface area (Å²) in [6.07, 6.45) is 0.800. The van der Waals surface area contributed by atoms with Crippen LogP contribution in [-0.4, -0.2) is 53.3 Å². The minimum absolute atomic E-state index is 0.0639. The van der Waals surface area contributed by atoms with Crippen LogP contribution in [0.3, 0.4) is 0 Å². The molecule has 2 aliphatic heterocycles. The number of hydrogen-bond donors (Lipinski definition) is 1. The number of aromatic amines is 1. The Bertz CT molecular complexity index is 840. The monoisotopic (exact) mass is 382 g/mol. The van der Waals surface area contributed by atoms with Crippen LogP contribution in [0.4, 0.5) is 0 Å². The Morgan fingerprint density at radius 3 is 2.80 bits per heavy atom. The molecule has 1 aromatic carbocycles. The van der Waals surface area contributed by atoms with Crippen LogP contribution in [0.2, 0.25) is 10.0 Å². The molecule has 5 nitrogen and oxygen atoms in total. The predicted molar refractivity (Wildman–Crippen MR) is 97.6 cm³/mol. The summed E-state index contributed by atoms with van der Waals surface area (Å²) in [7, 11) is 0. The molecule has 7 heteroatoms. The van der Waals surface area contributed by atoms with Gasteiger partial charge >= 0.3 is 0 Å². The van der Waals surface area contributed by atoms with Gasteiger partial charge in [-0.05, 0) is 32.0 Å². The number of morpholine rings is 1. The number of aromatic nitrogens is 1. The zero-order chi connectivity index (χ0) is 17.8. The second kappa shape index (κ2) is 5.88. The molecule has 4 rings (SSSR count). The molecule has 0 bridgehead atoms. The summed E-state index contributed by atoms with van der Waals surface area (Å²) in [5.41, 5.74) is 0.467. The second-order valence-corrected chi connectivity index (χ2v) is 8.30. The lowest BCUT2D eigenvalue weighted by Gasteiger charge is -2.47. The molecule has 1 amide bonds. The zero-order valence-corrected chi connectivity index (χ0v) is 15.7. The standard InChI is InChI=1S/C18H20Cl2N2O3/c1-17(2)8-22(9-18(25-17)5-6-24-10-18)16(23)14-7-11-13(21-14)4-3-12(19)15(11)20/h3-4,7,21H,5-6,8-10H2,1-2H3. The lowest BCUT2D eigenvalue weighted by Crippen LogP contribution is -2.61.